The largest absolute Gasteiger partial charge is 0.340 e. The molecule has 1 fully saturated rings. The van der Waals surface area contributed by atoms with E-state index in [9.17, 15) is 14.4 Å². The average molecular weight is 363 g/mol. The lowest BCUT2D eigenvalue weighted by Gasteiger charge is -2.36. The van der Waals surface area contributed by atoms with Crippen LogP contribution in [0.5, 0.6) is 0 Å². The molecule has 6 nitrogen and oxygen atoms in total. The van der Waals surface area contributed by atoms with Crippen LogP contribution in [0.3, 0.4) is 0 Å². The van der Waals surface area contributed by atoms with Crippen LogP contribution in [0.4, 0.5) is 0 Å². The summed E-state index contributed by atoms with van der Waals surface area (Å²) < 4.78 is 0. The summed E-state index contributed by atoms with van der Waals surface area (Å²) in [6, 6.07) is 8.38. The summed E-state index contributed by atoms with van der Waals surface area (Å²) in [7, 11) is 0. The van der Waals surface area contributed by atoms with Crippen molar-refractivity contribution >= 4 is 29.5 Å². The van der Waals surface area contributed by atoms with Gasteiger partial charge in [0.1, 0.15) is 6.04 Å². The van der Waals surface area contributed by atoms with Gasteiger partial charge >= 0.3 is 0 Å². The first-order valence-electron chi connectivity index (χ1n) is 8.42. The lowest BCUT2D eigenvalue weighted by atomic mass is 10.1. The topological polar surface area (TPSA) is 69.7 Å². The predicted octanol–water partition coefficient (Wildman–Crippen LogP) is 1.23. The molecule has 1 aromatic carbocycles. The van der Waals surface area contributed by atoms with E-state index in [0.717, 1.165) is 5.75 Å². The van der Waals surface area contributed by atoms with Crippen LogP contribution in [0.1, 0.15) is 23.7 Å². The quantitative estimate of drug-likeness (QED) is 0.825. The van der Waals surface area contributed by atoms with Gasteiger partial charge in [-0.3, -0.25) is 14.4 Å². The van der Waals surface area contributed by atoms with E-state index in [0.29, 0.717) is 38.2 Å². The third-order valence-electron chi connectivity index (χ3n) is 4.29. The summed E-state index contributed by atoms with van der Waals surface area (Å²) in [6.07, 6.45) is 2.57. The smallest absolute Gasteiger partial charge is 0.251 e. The maximum Gasteiger partial charge on any atom is 0.251 e. The molecule has 0 bridgehead atoms. The molecule has 0 saturated carbocycles. The first kappa shape index (κ1) is 19.3. The zero-order valence-electron chi connectivity index (χ0n) is 14.7. The molecule has 25 heavy (non-hydrogen) atoms. The average Bonchev–Trinajstić information content (AvgIpc) is 2.65. The Bertz CT molecular complexity index is 601. The van der Waals surface area contributed by atoms with Gasteiger partial charge in [-0.2, -0.15) is 11.8 Å². The number of carbonyl (C=O) groups excluding carboxylic acids is 3. The third-order valence-corrected chi connectivity index (χ3v) is 4.93. The Morgan fingerprint density at radius 3 is 2.24 bits per heavy atom. The number of hydrogen-bond acceptors (Lipinski definition) is 4. The lowest BCUT2D eigenvalue weighted by molar-refractivity contribution is -0.139. The van der Waals surface area contributed by atoms with Gasteiger partial charge in [-0.1, -0.05) is 18.2 Å². The van der Waals surface area contributed by atoms with Crippen molar-refractivity contribution in [2.75, 3.05) is 38.2 Å². The van der Waals surface area contributed by atoms with Gasteiger partial charge in [-0.05, 0) is 30.6 Å². The molecule has 0 radical (unpaired) electrons. The summed E-state index contributed by atoms with van der Waals surface area (Å²) in [5.41, 5.74) is 0.547. The van der Waals surface area contributed by atoms with Crippen molar-refractivity contribution in [3.05, 3.63) is 35.9 Å². The van der Waals surface area contributed by atoms with Gasteiger partial charge < -0.3 is 15.1 Å². The van der Waals surface area contributed by atoms with E-state index in [2.05, 4.69) is 5.32 Å². The van der Waals surface area contributed by atoms with Gasteiger partial charge in [0.25, 0.3) is 5.91 Å². The first-order valence-corrected chi connectivity index (χ1v) is 9.81. The molecule has 0 aromatic heterocycles. The maximum absolute atomic E-state index is 12.8. The molecule has 1 saturated heterocycles. The molecule has 2 rings (SSSR count). The van der Waals surface area contributed by atoms with Gasteiger partial charge in [0.2, 0.25) is 11.8 Å². The summed E-state index contributed by atoms with van der Waals surface area (Å²) in [5.74, 6) is 0.520. The Balaban J connectivity index is 2.00. The Hall–Kier alpha value is -2.02. The number of thioether (sulfide) groups is 1. The van der Waals surface area contributed by atoms with Crippen LogP contribution in [0.2, 0.25) is 0 Å². The molecule has 0 aliphatic carbocycles. The summed E-state index contributed by atoms with van der Waals surface area (Å²) in [6.45, 7) is 3.65. The molecule has 0 spiro atoms. The maximum atomic E-state index is 12.8. The molecule has 1 heterocycles. The SMILES string of the molecule is CSCC[C@@H](NC(=O)c1ccccc1)C(=O)N1CCN(C(C)=O)CC1. The highest BCUT2D eigenvalue weighted by atomic mass is 32.2. The minimum absolute atomic E-state index is 0.0309. The normalized spacial score (nSPS) is 15.6. The van der Waals surface area contributed by atoms with Crippen molar-refractivity contribution < 1.29 is 14.4 Å². The number of piperazine rings is 1. The number of nitrogens with zero attached hydrogens (tertiary/aromatic N) is 2. The molecular formula is C18H25N3O3S. The fraction of sp³-hybridized carbons (Fsp3) is 0.500. The zero-order chi connectivity index (χ0) is 18.2. The van der Waals surface area contributed by atoms with E-state index in [-0.39, 0.29) is 17.7 Å². The van der Waals surface area contributed by atoms with Gasteiger partial charge in [0, 0.05) is 38.7 Å². The second kappa shape index (κ2) is 9.46. The second-order valence-electron chi connectivity index (χ2n) is 6.00. The molecule has 1 aliphatic heterocycles. The van der Waals surface area contributed by atoms with Gasteiger partial charge in [0.05, 0.1) is 0 Å². The van der Waals surface area contributed by atoms with Gasteiger partial charge in [0.15, 0.2) is 0 Å². The molecular weight excluding hydrogens is 338 g/mol. The predicted molar refractivity (Wildman–Crippen MR) is 99.5 cm³/mol. The Kier molecular flexibility index (Phi) is 7.31. The number of carbonyl (C=O) groups is 3. The number of amides is 3. The van der Waals surface area contributed by atoms with Crippen LogP contribution in [0.25, 0.3) is 0 Å². The van der Waals surface area contributed by atoms with Crippen molar-refractivity contribution in [1.82, 2.24) is 15.1 Å². The lowest BCUT2D eigenvalue weighted by Crippen LogP contribution is -2.55. The highest BCUT2D eigenvalue weighted by Gasteiger charge is 2.29. The van der Waals surface area contributed by atoms with E-state index in [1.165, 1.54) is 0 Å². The molecule has 1 aliphatic rings. The van der Waals surface area contributed by atoms with Crippen LogP contribution in [-0.4, -0.2) is 71.8 Å². The van der Waals surface area contributed by atoms with Crippen molar-refractivity contribution in [2.45, 2.75) is 19.4 Å². The fourth-order valence-corrected chi connectivity index (χ4v) is 3.26. The number of hydrogen-bond donors (Lipinski definition) is 1. The second-order valence-corrected chi connectivity index (χ2v) is 6.99. The van der Waals surface area contributed by atoms with Crippen LogP contribution in [0.15, 0.2) is 30.3 Å². The van der Waals surface area contributed by atoms with Crippen LogP contribution < -0.4 is 5.32 Å². The molecule has 1 aromatic rings. The van der Waals surface area contributed by atoms with Crippen LogP contribution in [0, 0.1) is 0 Å². The highest BCUT2D eigenvalue weighted by molar-refractivity contribution is 7.98. The van der Waals surface area contributed by atoms with Gasteiger partial charge in [-0.15, -0.1) is 0 Å². The van der Waals surface area contributed by atoms with Crippen LogP contribution in [-0.2, 0) is 9.59 Å². The number of nitrogens with one attached hydrogen (secondary N) is 1. The van der Waals surface area contributed by atoms with E-state index < -0.39 is 6.04 Å². The first-order chi connectivity index (χ1) is 12.0. The van der Waals surface area contributed by atoms with E-state index >= 15 is 0 Å². The van der Waals surface area contributed by atoms with E-state index in [1.807, 2.05) is 12.3 Å². The Morgan fingerprint density at radius 1 is 1.08 bits per heavy atom. The molecule has 3 amide bonds. The molecule has 1 N–H and O–H groups in total. The summed E-state index contributed by atoms with van der Waals surface area (Å²) in [5, 5.41) is 2.88. The fourth-order valence-electron chi connectivity index (χ4n) is 2.79. The van der Waals surface area contributed by atoms with Crippen molar-refractivity contribution in [3.63, 3.8) is 0 Å². The van der Waals surface area contributed by atoms with Crippen molar-refractivity contribution in [3.8, 4) is 0 Å². The number of rotatable bonds is 6. The minimum Gasteiger partial charge on any atom is -0.340 e. The standard InChI is InChI=1S/C18H25N3O3S/c1-14(22)20-9-11-21(12-10-20)18(24)16(8-13-25-2)19-17(23)15-6-4-3-5-7-15/h3-7,16H,8-13H2,1-2H3,(H,19,23)/t16-/m1/s1. The van der Waals surface area contributed by atoms with Crippen molar-refractivity contribution in [1.29, 1.82) is 0 Å². The summed E-state index contributed by atoms with van der Waals surface area (Å²) in [4.78, 5) is 40.2. The zero-order valence-corrected chi connectivity index (χ0v) is 15.6. The molecule has 1 atom stereocenters. The highest BCUT2D eigenvalue weighted by Crippen LogP contribution is 2.10. The molecule has 0 unspecified atom stereocenters. The Morgan fingerprint density at radius 2 is 1.68 bits per heavy atom. The molecule has 7 heteroatoms. The monoisotopic (exact) mass is 363 g/mol. The Labute approximate surface area is 152 Å². The van der Waals surface area contributed by atoms with Crippen LogP contribution >= 0.6 is 11.8 Å². The van der Waals surface area contributed by atoms with Gasteiger partial charge in [-0.25, -0.2) is 0 Å². The third kappa shape index (κ3) is 5.49. The summed E-state index contributed by atoms with van der Waals surface area (Å²) >= 11 is 1.65. The minimum atomic E-state index is -0.538. The molecule has 136 valence electrons. The van der Waals surface area contributed by atoms with Crippen molar-refractivity contribution in [2.24, 2.45) is 0 Å². The van der Waals surface area contributed by atoms with E-state index in [4.69, 9.17) is 0 Å². The number of benzene rings is 1. The van der Waals surface area contributed by atoms with E-state index in [1.54, 1.807) is 52.8 Å².